The Hall–Kier alpha value is -4.57. The smallest absolute Gasteiger partial charge is 0.352 e. The highest BCUT2D eigenvalue weighted by atomic mass is 32.2. The first kappa shape index (κ1) is 26.1. The van der Waals surface area contributed by atoms with Crippen LogP contribution in [0.4, 0.5) is 10.8 Å². The second-order valence-corrected chi connectivity index (χ2v) is 10.6. The average Bonchev–Trinajstić information content (AvgIpc) is 3.49. The van der Waals surface area contributed by atoms with E-state index >= 15 is 0 Å². The lowest BCUT2D eigenvalue weighted by atomic mass is 10.0. The third-order valence-corrected chi connectivity index (χ3v) is 8.29. The van der Waals surface area contributed by atoms with E-state index in [0.29, 0.717) is 17.7 Å². The fraction of sp³-hybridized carbons (Fsp3) is 0.217. The molecule has 5 rings (SSSR count). The van der Waals surface area contributed by atoms with E-state index in [0.717, 1.165) is 16.2 Å². The first-order chi connectivity index (χ1) is 18.6. The molecule has 1 aromatic heterocycles. The van der Waals surface area contributed by atoms with Gasteiger partial charge in [0.15, 0.2) is 22.3 Å². The molecule has 4 heterocycles. The number of hydrogen-bond donors (Lipinski definition) is 6. The van der Waals surface area contributed by atoms with Crippen LogP contribution in [-0.4, -0.2) is 83.5 Å². The minimum atomic E-state index is -1.37. The number of carbonyl (C=O) groups is 4. The molecule has 202 valence electrons. The van der Waals surface area contributed by atoms with E-state index < -0.39 is 40.8 Å². The lowest BCUT2D eigenvalue weighted by molar-refractivity contribution is -0.150. The van der Waals surface area contributed by atoms with Crippen LogP contribution in [-0.2, 0) is 19.2 Å². The quantitative estimate of drug-likeness (QED) is 0.0695. The van der Waals surface area contributed by atoms with Crippen molar-refractivity contribution in [3.05, 3.63) is 52.2 Å². The number of aliphatic carboxylic acids is 1. The number of oxime groups is 1. The number of nitrogens with one attached hydrogen (secondary N) is 1. The predicted molar refractivity (Wildman–Crippen MR) is 139 cm³/mol. The van der Waals surface area contributed by atoms with Gasteiger partial charge in [-0.3, -0.25) is 19.3 Å². The van der Waals surface area contributed by atoms with Crippen LogP contribution in [0, 0.1) is 0 Å². The largest absolute Gasteiger partial charge is 0.504 e. The summed E-state index contributed by atoms with van der Waals surface area (Å²) in [5.74, 6) is -3.89. The van der Waals surface area contributed by atoms with Crippen LogP contribution in [0.2, 0.25) is 0 Å². The number of phenols is 2. The van der Waals surface area contributed by atoms with Crippen molar-refractivity contribution in [2.75, 3.05) is 22.9 Å². The number of benzene rings is 1. The number of nitrogen functional groups attached to an aromatic ring is 1. The van der Waals surface area contributed by atoms with E-state index in [1.54, 1.807) is 0 Å². The predicted octanol–water partition coefficient (Wildman–Crippen LogP) is 0.417. The molecule has 3 amide bonds. The summed E-state index contributed by atoms with van der Waals surface area (Å²) >= 11 is 2.23. The number of allylic oxidation sites excluding steroid dienone is 1. The van der Waals surface area contributed by atoms with Gasteiger partial charge >= 0.3 is 5.97 Å². The van der Waals surface area contributed by atoms with E-state index in [1.165, 1.54) is 46.3 Å². The summed E-state index contributed by atoms with van der Waals surface area (Å²) in [6, 6.07) is 2.91. The zero-order valence-corrected chi connectivity index (χ0v) is 21.4. The molecule has 0 unspecified atom stereocenters. The number of β-lactam (4-membered cyclic amide) rings is 1. The molecule has 14 nitrogen and oxygen atoms in total. The lowest BCUT2D eigenvalue weighted by Crippen LogP contribution is -2.71. The highest BCUT2D eigenvalue weighted by Crippen LogP contribution is 2.41. The van der Waals surface area contributed by atoms with Gasteiger partial charge in [-0.2, -0.15) is 0 Å². The van der Waals surface area contributed by atoms with Gasteiger partial charge < -0.3 is 36.5 Å². The topological polar surface area (TPSA) is 219 Å². The van der Waals surface area contributed by atoms with Gasteiger partial charge in [-0.15, -0.1) is 23.1 Å². The molecule has 39 heavy (non-hydrogen) atoms. The van der Waals surface area contributed by atoms with E-state index in [4.69, 9.17) is 5.73 Å². The summed E-state index contributed by atoms with van der Waals surface area (Å²) in [6.45, 7) is 0.274. The van der Waals surface area contributed by atoms with Crippen LogP contribution in [0.1, 0.15) is 12.1 Å². The van der Waals surface area contributed by atoms with Crippen molar-refractivity contribution < 1.29 is 39.7 Å². The maximum atomic E-state index is 13.0. The molecular formula is C23H20N6O8S2. The highest BCUT2D eigenvalue weighted by Gasteiger charge is 2.54. The Morgan fingerprint density at radius 1 is 1.23 bits per heavy atom. The Kier molecular flexibility index (Phi) is 6.65. The van der Waals surface area contributed by atoms with Crippen molar-refractivity contribution in [3.63, 3.8) is 0 Å². The Morgan fingerprint density at radius 2 is 2.00 bits per heavy atom. The van der Waals surface area contributed by atoms with Gasteiger partial charge in [-0.1, -0.05) is 5.16 Å². The Labute approximate surface area is 227 Å². The van der Waals surface area contributed by atoms with Crippen LogP contribution in [0.3, 0.4) is 0 Å². The average molecular weight is 573 g/mol. The van der Waals surface area contributed by atoms with Gasteiger partial charge in [0, 0.05) is 35.0 Å². The minimum absolute atomic E-state index is 0.0234. The standard InChI is InChI=1S/C23H20N6O8S2/c24-23-25-12(8-39-23)15(27-37)18(32)26-16-20(34)29-17(22(35)36)10(7-38-21(16)29)5-9-3-4-28(19(9)33)11-1-2-13(30)14(31)6-11/h1-2,5-6,8,16,21,30-31,37H,3-4,7H2,(H2,24,25)(H,26,32)(H,35,36)/b9-5+,27-15-/t16-,21-/m1/s1. The van der Waals surface area contributed by atoms with Crippen LogP contribution < -0.4 is 16.0 Å². The summed E-state index contributed by atoms with van der Waals surface area (Å²) in [5, 5.41) is 44.8. The first-order valence-corrected chi connectivity index (χ1v) is 13.2. The number of nitrogens with zero attached hydrogens (tertiary/aromatic N) is 4. The zero-order chi connectivity index (χ0) is 28.0. The summed E-state index contributed by atoms with van der Waals surface area (Å²) in [7, 11) is 0. The van der Waals surface area contributed by atoms with Gasteiger partial charge in [0.25, 0.3) is 17.7 Å². The summed E-state index contributed by atoms with van der Waals surface area (Å²) < 4.78 is 0. The van der Waals surface area contributed by atoms with E-state index in [2.05, 4.69) is 15.5 Å². The van der Waals surface area contributed by atoms with Gasteiger partial charge in [0.2, 0.25) is 0 Å². The molecule has 2 atom stereocenters. The molecule has 0 aliphatic carbocycles. The molecule has 7 N–H and O–H groups in total. The highest BCUT2D eigenvalue weighted by molar-refractivity contribution is 8.00. The molecule has 0 radical (unpaired) electrons. The molecule has 0 bridgehead atoms. The normalized spacial score (nSPS) is 22.3. The summed E-state index contributed by atoms with van der Waals surface area (Å²) in [5.41, 5.74) is 5.79. The molecule has 3 aliphatic heterocycles. The number of aromatic hydroxyl groups is 2. The van der Waals surface area contributed by atoms with E-state index in [9.17, 15) is 39.7 Å². The third-order valence-electron chi connectivity index (χ3n) is 6.31. The van der Waals surface area contributed by atoms with Gasteiger partial charge in [-0.05, 0) is 30.2 Å². The number of carbonyl (C=O) groups excluding carboxylic acids is 3. The molecule has 2 fully saturated rings. The molecule has 2 saturated heterocycles. The zero-order valence-electron chi connectivity index (χ0n) is 19.8. The molecule has 0 spiro atoms. The Morgan fingerprint density at radius 3 is 2.64 bits per heavy atom. The molecule has 2 aromatic rings. The van der Waals surface area contributed by atoms with E-state index in [1.807, 2.05) is 0 Å². The maximum absolute atomic E-state index is 13.0. The second-order valence-electron chi connectivity index (χ2n) is 8.61. The number of hydrogen-bond acceptors (Lipinski definition) is 12. The number of phenolic OH excluding ortho intramolecular Hbond substituents is 2. The third kappa shape index (κ3) is 4.52. The summed E-state index contributed by atoms with van der Waals surface area (Å²) in [4.78, 5) is 57.2. The van der Waals surface area contributed by atoms with Crippen molar-refractivity contribution in [2.45, 2.75) is 17.8 Å². The fourth-order valence-corrected chi connectivity index (χ4v) is 6.31. The first-order valence-electron chi connectivity index (χ1n) is 11.3. The Balaban J connectivity index is 1.35. The van der Waals surface area contributed by atoms with E-state index in [-0.39, 0.29) is 45.9 Å². The number of thioether (sulfide) groups is 1. The molecule has 1 aromatic carbocycles. The fourth-order valence-electron chi connectivity index (χ4n) is 4.46. The number of aromatic nitrogens is 1. The molecule has 3 aliphatic rings. The van der Waals surface area contributed by atoms with Crippen molar-refractivity contribution in [2.24, 2.45) is 5.16 Å². The van der Waals surface area contributed by atoms with Crippen LogP contribution in [0.15, 0.2) is 51.7 Å². The number of fused-ring (bicyclic) bond motifs is 1. The van der Waals surface area contributed by atoms with Crippen LogP contribution in [0.5, 0.6) is 11.5 Å². The number of rotatable bonds is 6. The lowest BCUT2D eigenvalue weighted by Gasteiger charge is -2.49. The SMILES string of the molecule is Nc1nc(/C(=N/O)C(=O)N[C@@H]2C(=O)N3C(C(=O)O)=C(/C=C4\CCN(c5ccc(O)c(O)c5)C4=O)CS[C@H]23)cs1. The van der Waals surface area contributed by atoms with Crippen LogP contribution >= 0.6 is 23.1 Å². The van der Waals surface area contributed by atoms with Crippen molar-refractivity contribution in [1.29, 1.82) is 0 Å². The molecule has 16 heteroatoms. The molecular weight excluding hydrogens is 552 g/mol. The van der Waals surface area contributed by atoms with Crippen molar-refractivity contribution >= 4 is 63.3 Å². The number of amides is 3. The number of nitrogens with two attached hydrogens (primary N) is 1. The number of thiazole rings is 1. The number of carboxylic acids is 1. The monoisotopic (exact) mass is 572 g/mol. The van der Waals surface area contributed by atoms with Crippen LogP contribution in [0.25, 0.3) is 0 Å². The Bertz CT molecular complexity index is 1520. The van der Waals surface area contributed by atoms with Gasteiger partial charge in [0.1, 0.15) is 22.8 Å². The number of anilines is 2. The van der Waals surface area contributed by atoms with Crippen molar-refractivity contribution in [3.8, 4) is 11.5 Å². The number of carboxylic acid groups (broad SMARTS) is 1. The molecule has 0 saturated carbocycles. The van der Waals surface area contributed by atoms with Gasteiger partial charge in [-0.25, -0.2) is 9.78 Å². The van der Waals surface area contributed by atoms with Crippen molar-refractivity contribution in [1.82, 2.24) is 15.2 Å². The minimum Gasteiger partial charge on any atom is -0.504 e. The summed E-state index contributed by atoms with van der Waals surface area (Å²) in [6.07, 6.45) is 1.75. The van der Waals surface area contributed by atoms with Gasteiger partial charge in [0.05, 0.1) is 0 Å². The second kappa shape index (κ2) is 9.95. The maximum Gasteiger partial charge on any atom is 0.352 e.